The third-order valence-corrected chi connectivity index (χ3v) is 4.74. The van der Waals surface area contributed by atoms with Crippen LogP contribution in [-0.4, -0.2) is 37.1 Å². The number of anilines is 1. The largest absolute Gasteiger partial charge is 0.466 e. The molecule has 0 spiro atoms. The number of aromatic nitrogens is 5. The maximum atomic E-state index is 12.0. The van der Waals surface area contributed by atoms with Crippen molar-refractivity contribution in [3.8, 4) is 0 Å². The van der Waals surface area contributed by atoms with E-state index in [4.69, 9.17) is 10.5 Å². The molecule has 4 aromatic rings. The van der Waals surface area contributed by atoms with E-state index in [0.717, 1.165) is 18.4 Å². The highest BCUT2D eigenvalue weighted by Gasteiger charge is 2.09. The summed E-state index contributed by atoms with van der Waals surface area (Å²) in [6.45, 7) is 1.02. The number of nitrogens with zero attached hydrogens (tertiary/aromatic N) is 4. The Balaban J connectivity index is 1.19. The van der Waals surface area contributed by atoms with Crippen molar-refractivity contribution in [1.29, 1.82) is 0 Å². The lowest BCUT2D eigenvalue weighted by molar-refractivity contribution is -0.143. The summed E-state index contributed by atoms with van der Waals surface area (Å²) >= 11 is 0. The highest BCUT2D eigenvalue weighted by Crippen LogP contribution is 2.19. The van der Waals surface area contributed by atoms with Gasteiger partial charge in [0.25, 0.3) is 0 Å². The van der Waals surface area contributed by atoms with Crippen LogP contribution in [0.4, 0.5) is 5.82 Å². The second-order valence-electron chi connectivity index (χ2n) is 6.66. The lowest BCUT2D eigenvalue weighted by atomic mass is 10.1. The van der Waals surface area contributed by atoms with E-state index in [1.165, 1.54) is 17.3 Å². The van der Waals surface area contributed by atoms with Crippen molar-refractivity contribution >= 4 is 33.9 Å². The fraction of sp³-hybridized carbons (Fsp3) is 0.300. The molecule has 0 amide bonds. The predicted molar refractivity (Wildman–Crippen MR) is 107 cm³/mol. The number of nitrogen functional groups attached to an aromatic ring is 1. The number of nitrogens with one attached hydrogen (secondary N) is 1. The quantitative estimate of drug-likeness (QED) is 0.360. The van der Waals surface area contributed by atoms with E-state index >= 15 is 0 Å². The number of aromatic amines is 1. The molecule has 0 aliphatic heterocycles. The van der Waals surface area contributed by atoms with Crippen LogP contribution < -0.4 is 5.73 Å². The molecule has 3 heterocycles. The zero-order valence-corrected chi connectivity index (χ0v) is 15.5. The van der Waals surface area contributed by atoms with E-state index in [1.54, 1.807) is 6.33 Å². The van der Waals surface area contributed by atoms with Gasteiger partial charge in [-0.1, -0.05) is 18.2 Å². The van der Waals surface area contributed by atoms with Crippen LogP contribution in [0.5, 0.6) is 0 Å². The summed E-state index contributed by atoms with van der Waals surface area (Å²) in [6.07, 6.45) is 7.83. The van der Waals surface area contributed by atoms with Gasteiger partial charge in [0.1, 0.15) is 11.8 Å². The van der Waals surface area contributed by atoms with Gasteiger partial charge < -0.3 is 20.0 Å². The number of nitrogens with two attached hydrogens (primary N) is 1. The van der Waals surface area contributed by atoms with Gasteiger partial charge in [-0.05, 0) is 30.9 Å². The van der Waals surface area contributed by atoms with Crippen LogP contribution in [0, 0.1) is 0 Å². The van der Waals surface area contributed by atoms with E-state index in [1.807, 2.05) is 22.9 Å². The van der Waals surface area contributed by atoms with Gasteiger partial charge >= 0.3 is 5.97 Å². The minimum Gasteiger partial charge on any atom is -0.466 e. The van der Waals surface area contributed by atoms with Crippen LogP contribution >= 0.6 is 0 Å². The predicted octanol–water partition coefficient (Wildman–Crippen LogP) is 2.85. The monoisotopic (exact) mass is 378 g/mol. The van der Waals surface area contributed by atoms with Gasteiger partial charge in [-0.2, -0.15) is 0 Å². The number of para-hydroxylation sites is 1. The first kappa shape index (κ1) is 18.0. The molecule has 3 aromatic heterocycles. The average molecular weight is 378 g/mol. The molecule has 0 aliphatic rings. The highest BCUT2D eigenvalue weighted by atomic mass is 16.5. The summed E-state index contributed by atoms with van der Waals surface area (Å²) in [6, 6.07) is 8.18. The van der Waals surface area contributed by atoms with E-state index < -0.39 is 0 Å². The molecule has 0 saturated carbocycles. The van der Waals surface area contributed by atoms with Crippen LogP contribution in [0.2, 0.25) is 0 Å². The molecule has 0 atom stereocenters. The van der Waals surface area contributed by atoms with Crippen LogP contribution in [0.1, 0.15) is 24.8 Å². The van der Waals surface area contributed by atoms with Crippen molar-refractivity contribution < 1.29 is 9.53 Å². The number of aryl methyl sites for hydroxylation is 2. The summed E-state index contributed by atoms with van der Waals surface area (Å²) < 4.78 is 7.23. The molecule has 144 valence electrons. The second-order valence-corrected chi connectivity index (χ2v) is 6.66. The molecule has 8 nitrogen and oxygen atoms in total. The molecule has 1 aromatic carbocycles. The van der Waals surface area contributed by atoms with E-state index in [-0.39, 0.29) is 5.97 Å². The summed E-state index contributed by atoms with van der Waals surface area (Å²) in [4.78, 5) is 27.6. The standard InChI is InChI=1S/C20H22N6O2/c21-19-18-20(24-12-23-19)26(13-25-18)9-4-10-28-17(27)8-3-5-14-11-22-16-7-2-1-6-15(14)16/h1-2,6-7,11-13,22H,3-5,8-10H2,(H2,21,23,24). The Bertz CT molecular complexity index is 1100. The van der Waals surface area contributed by atoms with Gasteiger partial charge in [0.15, 0.2) is 11.5 Å². The van der Waals surface area contributed by atoms with Crippen LogP contribution in [0.15, 0.2) is 43.1 Å². The number of fused-ring (bicyclic) bond motifs is 2. The molecular weight excluding hydrogens is 356 g/mol. The number of ether oxygens (including phenoxy) is 1. The first-order valence-corrected chi connectivity index (χ1v) is 9.34. The van der Waals surface area contributed by atoms with Gasteiger partial charge in [0.2, 0.25) is 0 Å². The number of carbonyl (C=O) groups is 1. The Morgan fingerprint density at radius 2 is 2.07 bits per heavy atom. The van der Waals surface area contributed by atoms with Crippen molar-refractivity contribution in [1.82, 2.24) is 24.5 Å². The molecule has 0 fully saturated rings. The van der Waals surface area contributed by atoms with Crippen LogP contribution in [0.25, 0.3) is 22.1 Å². The number of hydrogen-bond donors (Lipinski definition) is 2. The first-order chi connectivity index (χ1) is 13.7. The molecule has 0 bridgehead atoms. The lowest BCUT2D eigenvalue weighted by Gasteiger charge is -2.06. The summed E-state index contributed by atoms with van der Waals surface area (Å²) in [5, 5.41) is 1.22. The maximum absolute atomic E-state index is 12.0. The average Bonchev–Trinajstić information content (AvgIpc) is 3.31. The minimum absolute atomic E-state index is 0.165. The van der Waals surface area contributed by atoms with Crippen molar-refractivity contribution in [2.75, 3.05) is 12.3 Å². The van der Waals surface area contributed by atoms with Gasteiger partial charge in [-0.3, -0.25) is 4.79 Å². The van der Waals surface area contributed by atoms with E-state index in [2.05, 4.69) is 32.1 Å². The second kappa shape index (κ2) is 8.08. The summed E-state index contributed by atoms with van der Waals surface area (Å²) in [7, 11) is 0. The Morgan fingerprint density at radius 3 is 3.00 bits per heavy atom. The molecule has 4 rings (SSSR count). The number of rotatable bonds is 8. The first-order valence-electron chi connectivity index (χ1n) is 9.34. The van der Waals surface area contributed by atoms with Crippen molar-refractivity contribution in [3.63, 3.8) is 0 Å². The fourth-order valence-electron chi connectivity index (χ4n) is 3.32. The Hall–Kier alpha value is -3.42. The Labute approximate surface area is 161 Å². The third kappa shape index (κ3) is 3.80. The molecule has 8 heteroatoms. The van der Waals surface area contributed by atoms with Crippen molar-refractivity contribution in [2.24, 2.45) is 0 Å². The van der Waals surface area contributed by atoms with E-state index in [9.17, 15) is 4.79 Å². The minimum atomic E-state index is -0.165. The normalized spacial score (nSPS) is 11.3. The number of hydrogen-bond acceptors (Lipinski definition) is 6. The van der Waals surface area contributed by atoms with Gasteiger partial charge in [-0.15, -0.1) is 0 Å². The van der Waals surface area contributed by atoms with E-state index in [0.29, 0.717) is 43.0 Å². The van der Waals surface area contributed by atoms with Crippen molar-refractivity contribution in [3.05, 3.63) is 48.7 Å². The van der Waals surface area contributed by atoms with Gasteiger partial charge in [0, 0.05) is 30.1 Å². The van der Waals surface area contributed by atoms with Gasteiger partial charge in [0.05, 0.1) is 12.9 Å². The Kier molecular flexibility index (Phi) is 5.18. The highest BCUT2D eigenvalue weighted by molar-refractivity contribution is 5.83. The number of esters is 1. The summed E-state index contributed by atoms with van der Waals surface area (Å²) in [5.41, 5.74) is 9.42. The molecule has 0 unspecified atom stereocenters. The topological polar surface area (TPSA) is 112 Å². The smallest absolute Gasteiger partial charge is 0.305 e. The number of benzene rings is 1. The fourth-order valence-corrected chi connectivity index (χ4v) is 3.32. The number of carbonyl (C=O) groups excluding carboxylic acids is 1. The molecule has 0 saturated heterocycles. The molecule has 3 N–H and O–H groups in total. The molecule has 0 aliphatic carbocycles. The Morgan fingerprint density at radius 1 is 1.18 bits per heavy atom. The molecule has 0 radical (unpaired) electrons. The van der Waals surface area contributed by atoms with Crippen LogP contribution in [0.3, 0.4) is 0 Å². The van der Waals surface area contributed by atoms with Gasteiger partial charge in [-0.25, -0.2) is 15.0 Å². The molecule has 28 heavy (non-hydrogen) atoms. The van der Waals surface area contributed by atoms with Crippen LogP contribution in [-0.2, 0) is 22.5 Å². The third-order valence-electron chi connectivity index (χ3n) is 4.74. The number of H-pyrrole nitrogens is 1. The number of imidazole rings is 1. The van der Waals surface area contributed by atoms with Crippen molar-refractivity contribution in [2.45, 2.75) is 32.2 Å². The SMILES string of the molecule is Nc1ncnc2c1ncn2CCCOC(=O)CCCc1c[nH]c2ccccc12. The maximum Gasteiger partial charge on any atom is 0.305 e. The zero-order chi connectivity index (χ0) is 19.3. The lowest BCUT2D eigenvalue weighted by Crippen LogP contribution is -2.08. The molecular formula is C20H22N6O2. The zero-order valence-electron chi connectivity index (χ0n) is 15.5. The summed E-state index contributed by atoms with van der Waals surface area (Å²) in [5.74, 6) is 0.201.